The van der Waals surface area contributed by atoms with Gasteiger partial charge in [0, 0.05) is 15.6 Å². The van der Waals surface area contributed by atoms with Crippen LogP contribution in [0.5, 0.6) is 5.75 Å². The largest absolute Gasteiger partial charge is 0.494 e. The van der Waals surface area contributed by atoms with E-state index in [1.165, 1.54) is 7.11 Å². The normalized spacial score (nSPS) is 15.7. The first-order valence-electron chi connectivity index (χ1n) is 7.53. The minimum atomic E-state index is -0.441. The van der Waals surface area contributed by atoms with Crippen LogP contribution in [0.25, 0.3) is 6.08 Å². The summed E-state index contributed by atoms with van der Waals surface area (Å²) in [7, 11) is 1.46. The van der Waals surface area contributed by atoms with Crippen LogP contribution in [0.4, 0.5) is 4.79 Å². The first-order valence-corrected chi connectivity index (χ1v) is 9.86. The van der Waals surface area contributed by atoms with E-state index >= 15 is 0 Å². The van der Waals surface area contributed by atoms with Gasteiger partial charge in [-0.2, -0.15) is 0 Å². The van der Waals surface area contributed by atoms with Gasteiger partial charge < -0.3 is 4.74 Å². The molecule has 0 N–H and O–H groups in total. The van der Waals surface area contributed by atoms with Crippen LogP contribution < -0.4 is 4.74 Å². The van der Waals surface area contributed by atoms with Crippen molar-refractivity contribution in [3.05, 3.63) is 66.5 Å². The van der Waals surface area contributed by atoms with E-state index in [0.29, 0.717) is 37.0 Å². The minimum Gasteiger partial charge on any atom is -0.494 e. The number of rotatable bonds is 4. The fourth-order valence-electron chi connectivity index (χ4n) is 2.49. The molecule has 1 saturated heterocycles. The monoisotopic (exact) mass is 461 g/mol. The van der Waals surface area contributed by atoms with E-state index in [1.807, 2.05) is 0 Å². The first kappa shape index (κ1) is 20.4. The second-order valence-corrected chi connectivity index (χ2v) is 8.11. The summed E-state index contributed by atoms with van der Waals surface area (Å²) in [5, 5.41) is 0.975. The summed E-state index contributed by atoms with van der Waals surface area (Å²) in [6.45, 7) is -0.00929. The summed E-state index contributed by atoms with van der Waals surface area (Å²) in [4.78, 5) is 26.3. The maximum atomic E-state index is 12.7. The minimum absolute atomic E-state index is 0.00929. The fraction of sp³-hybridized carbons (Fsp3) is 0.111. The van der Waals surface area contributed by atoms with Crippen molar-refractivity contribution in [2.75, 3.05) is 7.11 Å². The molecule has 2 amide bonds. The SMILES string of the molecule is COc1c(Cl)cc(/C=C2\SC(=O)N(Cc3c(Cl)cccc3Cl)C2=O)cc1Cl. The van der Waals surface area contributed by atoms with Crippen LogP contribution in [-0.4, -0.2) is 23.2 Å². The van der Waals surface area contributed by atoms with Crippen molar-refractivity contribution >= 4 is 75.4 Å². The van der Waals surface area contributed by atoms with Crippen LogP contribution in [0, 0.1) is 0 Å². The van der Waals surface area contributed by atoms with Gasteiger partial charge in [0.2, 0.25) is 0 Å². The Balaban J connectivity index is 1.89. The molecule has 0 bridgehead atoms. The molecule has 2 aromatic carbocycles. The van der Waals surface area contributed by atoms with E-state index < -0.39 is 11.1 Å². The van der Waals surface area contributed by atoms with Gasteiger partial charge >= 0.3 is 0 Å². The Labute approximate surface area is 180 Å². The van der Waals surface area contributed by atoms with Crippen molar-refractivity contribution in [3.8, 4) is 5.75 Å². The Kier molecular flexibility index (Phi) is 6.28. The van der Waals surface area contributed by atoms with Gasteiger partial charge in [0.15, 0.2) is 5.75 Å². The topological polar surface area (TPSA) is 46.6 Å². The lowest BCUT2D eigenvalue weighted by Crippen LogP contribution is -2.27. The second-order valence-electron chi connectivity index (χ2n) is 5.49. The van der Waals surface area contributed by atoms with E-state index in [2.05, 4.69) is 0 Å². The number of halogens is 4. The predicted molar refractivity (Wildman–Crippen MR) is 111 cm³/mol. The number of methoxy groups -OCH3 is 1. The van der Waals surface area contributed by atoms with E-state index in [1.54, 1.807) is 36.4 Å². The van der Waals surface area contributed by atoms with Crippen LogP contribution in [0.1, 0.15) is 11.1 Å². The molecule has 140 valence electrons. The number of nitrogens with zero attached hydrogens (tertiary/aromatic N) is 1. The molecule has 0 aliphatic carbocycles. The molecule has 0 aromatic heterocycles. The molecule has 2 aromatic rings. The molecular weight excluding hydrogens is 452 g/mol. The second kappa shape index (κ2) is 8.33. The van der Waals surface area contributed by atoms with E-state index in [4.69, 9.17) is 51.1 Å². The van der Waals surface area contributed by atoms with Crippen molar-refractivity contribution in [3.63, 3.8) is 0 Å². The maximum absolute atomic E-state index is 12.7. The molecular formula is C18H11Cl4NO3S. The summed E-state index contributed by atoms with van der Waals surface area (Å²) in [5.41, 5.74) is 1.09. The molecule has 1 aliphatic rings. The number of thioether (sulfide) groups is 1. The lowest BCUT2D eigenvalue weighted by Gasteiger charge is -2.14. The number of carbonyl (C=O) groups is 2. The lowest BCUT2D eigenvalue weighted by molar-refractivity contribution is -0.123. The highest BCUT2D eigenvalue weighted by molar-refractivity contribution is 8.18. The van der Waals surface area contributed by atoms with Crippen LogP contribution in [0.2, 0.25) is 20.1 Å². The molecule has 4 nitrogen and oxygen atoms in total. The Morgan fingerprint density at radius 1 is 1.04 bits per heavy atom. The Morgan fingerprint density at radius 3 is 2.19 bits per heavy atom. The van der Waals surface area contributed by atoms with Crippen LogP contribution >= 0.6 is 58.2 Å². The van der Waals surface area contributed by atoms with Crippen LogP contribution in [0.3, 0.4) is 0 Å². The van der Waals surface area contributed by atoms with Crippen molar-refractivity contribution in [1.29, 1.82) is 0 Å². The lowest BCUT2D eigenvalue weighted by atomic mass is 10.2. The number of hydrogen-bond acceptors (Lipinski definition) is 4. The predicted octanol–water partition coefficient (Wildman–Crippen LogP) is 6.55. The fourth-order valence-corrected chi connectivity index (χ4v) is 4.50. The maximum Gasteiger partial charge on any atom is 0.293 e. The van der Waals surface area contributed by atoms with E-state index in [0.717, 1.165) is 16.7 Å². The third-order valence-corrected chi connectivity index (χ3v) is 5.95. The van der Waals surface area contributed by atoms with Gasteiger partial charge in [-0.15, -0.1) is 0 Å². The number of amides is 2. The summed E-state index contributed by atoms with van der Waals surface area (Å²) in [5.74, 6) is -0.0963. The molecule has 1 aliphatic heterocycles. The van der Waals surface area contributed by atoms with Gasteiger partial charge in [-0.25, -0.2) is 0 Å². The van der Waals surface area contributed by atoms with E-state index in [9.17, 15) is 9.59 Å². The number of carbonyl (C=O) groups excluding carboxylic acids is 2. The number of ether oxygens (including phenoxy) is 1. The van der Waals surface area contributed by atoms with Crippen molar-refractivity contribution in [2.45, 2.75) is 6.54 Å². The highest BCUT2D eigenvalue weighted by atomic mass is 35.5. The summed E-state index contributed by atoms with van der Waals surface area (Å²) in [6.07, 6.45) is 1.55. The van der Waals surface area contributed by atoms with Gasteiger partial charge in [0.25, 0.3) is 11.1 Å². The van der Waals surface area contributed by atoms with Crippen LogP contribution in [0.15, 0.2) is 35.2 Å². The number of hydrogen-bond donors (Lipinski definition) is 0. The summed E-state index contributed by atoms with van der Waals surface area (Å²) < 4.78 is 5.10. The highest BCUT2D eigenvalue weighted by Crippen LogP contribution is 2.38. The third-order valence-electron chi connectivity index (χ3n) is 3.77. The average Bonchev–Trinajstić information content (AvgIpc) is 2.85. The zero-order valence-electron chi connectivity index (χ0n) is 13.8. The van der Waals surface area contributed by atoms with Crippen molar-refractivity contribution in [1.82, 2.24) is 4.90 Å². The van der Waals surface area contributed by atoms with Crippen molar-refractivity contribution in [2.24, 2.45) is 0 Å². The molecule has 9 heteroatoms. The average molecular weight is 463 g/mol. The Bertz CT molecular complexity index is 934. The molecule has 0 saturated carbocycles. The molecule has 1 fully saturated rings. The number of imide groups is 1. The Hall–Kier alpha value is -1.37. The Morgan fingerprint density at radius 2 is 1.63 bits per heavy atom. The molecule has 3 rings (SSSR count). The molecule has 1 heterocycles. The molecule has 27 heavy (non-hydrogen) atoms. The van der Waals surface area contributed by atoms with Gasteiger partial charge in [-0.1, -0.05) is 52.5 Å². The van der Waals surface area contributed by atoms with Gasteiger partial charge in [-0.05, 0) is 47.7 Å². The molecule has 0 atom stereocenters. The van der Waals surface area contributed by atoms with Crippen molar-refractivity contribution < 1.29 is 14.3 Å². The van der Waals surface area contributed by atoms with Crippen LogP contribution in [-0.2, 0) is 11.3 Å². The van der Waals surface area contributed by atoms with E-state index in [-0.39, 0.29) is 11.4 Å². The zero-order valence-corrected chi connectivity index (χ0v) is 17.6. The molecule has 0 radical (unpaired) electrons. The molecule has 0 unspecified atom stereocenters. The van der Waals surface area contributed by atoms with Gasteiger partial charge in [0.1, 0.15) is 0 Å². The summed E-state index contributed by atoms with van der Waals surface area (Å²) >= 11 is 25.3. The number of benzene rings is 2. The van der Waals surface area contributed by atoms with Gasteiger partial charge in [0.05, 0.1) is 28.6 Å². The smallest absolute Gasteiger partial charge is 0.293 e. The quantitative estimate of drug-likeness (QED) is 0.483. The first-order chi connectivity index (χ1) is 12.8. The highest BCUT2D eigenvalue weighted by Gasteiger charge is 2.35. The molecule has 0 spiro atoms. The third kappa shape index (κ3) is 4.23. The zero-order chi connectivity index (χ0) is 19.7. The standard InChI is InChI=1S/C18H11Cl4NO3S/c1-26-16-13(21)5-9(6-14(16)22)7-15-17(24)23(18(25)27-15)8-10-11(19)3-2-4-12(10)20/h2-7H,8H2,1H3/b15-7-. The van der Waals surface area contributed by atoms with Gasteiger partial charge in [-0.3, -0.25) is 14.5 Å². The summed E-state index contributed by atoms with van der Waals surface area (Å²) in [6, 6.07) is 8.20.